The highest BCUT2D eigenvalue weighted by Gasteiger charge is 2.31. The summed E-state index contributed by atoms with van der Waals surface area (Å²) in [5.41, 5.74) is 6.63. The minimum atomic E-state index is -3.03. The van der Waals surface area contributed by atoms with Crippen molar-refractivity contribution in [2.45, 2.75) is 25.0 Å². The molecule has 1 amide bonds. The molecule has 104 valence electrons. The number of nitrogens with two attached hydrogens (primary N) is 1. The highest BCUT2D eigenvalue weighted by molar-refractivity contribution is 7.92. The van der Waals surface area contributed by atoms with E-state index in [9.17, 15) is 13.2 Å². The van der Waals surface area contributed by atoms with Gasteiger partial charge in [-0.2, -0.15) is 0 Å². The number of nitrogens with zero attached hydrogens (tertiary/aromatic N) is 1. The standard InChI is InChI=1S/C12H17N3O3S/c1-8-5-9(6-11(13)15-8)12(16)14-7-10-3-2-4-19(10,17)18/h5-6,10H,2-4,7H2,1H3,(H2,13,15)(H,14,16). The number of anilines is 1. The molecule has 1 aromatic heterocycles. The molecule has 3 N–H and O–H groups in total. The zero-order chi connectivity index (χ0) is 14.0. The molecule has 0 spiro atoms. The second kappa shape index (κ2) is 5.16. The lowest BCUT2D eigenvalue weighted by Crippen LogP contribution is -2.34. The second-order valence-corrected chi connectivity index (χ2v) is 7.16. The summed E-state index contributed by atoms with van der Waals surface area (Å²) in [5, 5.41) is 2.19. The zero-order valence-electron chi connectivity index (χ0n) is 10.7. The van der Waals surface area contributed by atoms with Gasteiger partial charge in [0.1, 0.15) is 5.82 Å². The van der Waals surface area contributed by atoms with Crippen LogP contribution < -0.4 is 11.1 Å². The molecule has 19 heavy (non-hydrogen) atoms. The Balaban J connectivity index is 2.02. The minimum Gasteiger partial charge on any atom is -0.384 e. The molecule has 6 nitrogen and oxygen atoms in total. The zero-order valence-corrected chi connectivity index (χ0v) is 11.5. The van der Waals surface area contributed by atoms with E-state index < -0.39 is 15.1 Å². The van der Waals surface area contributed by atoms with Crippen LogP contribution in [0.25, 0.3) is 0 Å². The molecule has 0 bridgehead atoms. The highest BCUT2D eigenvalue weighted by atomic mass is 32.2. The molecule has 1 saturated heterocycles. The fourth-order valence-corrected chi connectivity index (χ4v) is 3.99. The molecule has 0 aromatic carbocycles. The summed E-state index contributed by atoms with van der Waals surface area (Å²) in [7, 11) is -3.03. The average Bonchev–Trinajstić information content (AvgIpc) is 2.64. The third kappa shape index (κ3) is 3.23. The monoisotopic (exact) mass is 283 g/mol. The number of aromatic nitrogens is 1. The normalized spacial score (nSPS) is 21.2. The first-order chi connectivity index (χ1) is 8.88. The topological polar surface area (TPSA) is 102 Å². The van der Waals surface area contributed by atoms with Crippen molar-refractivity contribution in [2.24, 2.45) is 0 Å². The molecule has 1 unspecified atom stereocenters. The molecular formula is C12H17N3O3S. The molecule has 1 aliphatic heterocycles. The maximum Gasteiger partial charge on any atom is 0.251 e. The molecule has 1 fully saturated rings. The summed E-state index contributed by atoms with van der Waals surface area (Å²) in [5.74, 6) is 0.174. The number of pyridine rings is 1. The van der Waals surface area contributed by atoms with Gasteiger partial charge in [0.25, 0.3) is 5.91 Å². The first-order valence-corrected chi connectivity index (χ1v) is 7.84. The molecule has 0 aliphatic carbocycles. The lowest BCUT2D eigenvalue weighted by atomic mass is 10.2. The van der Waals surface area contributed by atoms with Crippen LogP contribution in [0.5, 0.6) is 0 Å². The van der Waals surface area contributed by atoms with Crippen LogP contribution in [0.3, 0.4) is 0 Å². The lowest BCUT2D eigenvalue weighted by Gasteiger charge is -2.11. The van der Waals surface area contributed by atoms with Crippen molar-refractivity contribution in [3.8, 4) is 0 Å². The van der Waals surface area contributed by atoms with Gasteiger partial charge in [0.05, 0.1) is 11.0 Å². The molecule has 1 aromatic rings. The van der Waals surface area contributed by atoms with E-state index in [1.165, 1.54) is 6.07 Å². The van der Waals surface area contributed by atoms with Crippen molar-refractivity contribution < 1.29 is 13.2 Å². The van der Waals surface area contributed by atoms with Crippen molar-refractivity contribution in [3.05, 3.63) is 23.4 Å². The third-order valence-electron chi connectivity index (χ3n) is 3.19. The number of hydrogen-bond donors (Lipinski definition) is 2. The fraction of sp³-hybridized carbons (Fsp3) is 0.500. The van der Waals surface area contributed by atoms with Crippen LogP contribution in [0.1, 0.15) is 28.9 Å². The van der Waals surface area contributed by atoms with Gasteiger partial charge in [0, 0.05) is 17.8 Å². The molecule has 0 radical (unpaired) electrons. The van der Waals surface area contributed by atoms with Crippen LogP contribution in [-0.2, 0) is 9.84 Å². The summed E-state index contributed by atoms with van der Waals surface area (Å²) in [6.07, 6.45) is 1.28. The first kappa shape index (κ1) is 13.8. The number of nitrogen functional groups attached to an aromatic ring is 1. The largest absolute Gasteiger partial charge is 0.384 e. The van der Waals surface area contributed by atoms with E-state index in [4.69, 9.17) is 5.73 Å². The van der Waals surface area contributed by atoms with Crippen LogP contribution in [0.4, 0.5) is 5.82 Å². The van der Waals surface area contributed by atoms with E-state index >= 15 is 0 Å². The van der Waals surface area contributed by atoms with Gasteiger partial charge in [-0.25, -0.2) is 13.4 Å². The smallest absolute Gasteiger partial charge is 0.251 e. The van der Waals surface area contributed by atoms with Gasteiger partial charge in [-0.1, -0.05) is 0 Å². The molecule has 2 rings (SSSR count). The Morgan fingerprint density at radius 1 is 1.53 bits per heavy atom. The summed E-state index contributed by atoms with van der Waals surface area (Å²) >= 11 is 0. The Labute approximate surface area is 112 Å². The second-order valence-electron chi connectivity index (χ2n) is 4.76. The van der Waals surface area contributed by atoms with Crippen molar-refractivity contribution in [3.63, 3.8) is 0 Å². The van der Waals surface area contributed by atoms with Crippen LogP contribution in [0, 0.1) is 6.92 Å². The number of hydrogen-bond acceptors (Lipinski definition) is 5. The number of amides is 1. The highest BCUT2D eigenvalue weighted by Crippen LogP contribution is 2.19. The molecule has 1 aliphatic rings. The van der Waals surface area contributed by atoms with Crippen LogP contribution >= 0.6 is 0 Å². The van der Waals surface area contributed by atoms with Gasteiger partial charge in [-0.05, 0) is 31.9 Å². The van der Waals surface area contributed by atoms with E-state index in [2.05, 4.69) is 10.3 Å². The quantitative estimate of drug-likeness (QED) is 0.829. The Morgan fingerprint density at radius 3 is 2.84 bits per heavy atom. The van der Waals surface area contributed by atoms with E-state index in [0.29, 0.717) is 24.1 Å². The predicted octanol–water partition coefficient (Wildman–Crippen LogP) is 0.279. The number of sulfone groups is 1. The van der Waals surface area contributed by atoms with Crippen molar-refractivity contribution in [1.29, 1.82) is 0 Å². The molecule has 1 atom stereocenters. The number of carbonyl (C=O) groups is 1. The summed E-state index contributed by atoms with van der Waals surface area (Å²) < 4.78 is 23.3. The molecule has 2 heterocycles. The molecule has 7 heteroatoms. The number of nitrogens with one attached hydrogen (secondary N) is 1. The van der Waals surface area contributed by atoms with Gasteiger partial charge < -0.3 is 11.1 Å². The summed E-state index contributed by atoms with van der Waals surface area (Å²) in [6, 6.07) is 3.10. The van der Waals surface area contributed by atoms with E-state index in [-0.39, 0.29) is 24.0 Å². The number of aryl methyl sites for hydroxylation is 1. The van der Waals surface area contributed by atoms with Crippen LogP contribution in [0.2, 0.25) is 0 Å². The van der Waals surface area contributed by atoms with Crippen molar-refractivity contribution in [2.75, 3.05) is 18.0 Å². The average molecular weight is 283 g/mol. The van der Waals surface area contributed by atoms with Gasteiger partial charge >= 0.3 is 0 Å². The van der Waals surface area contributed by atoms with Crippen molar-refractivity contribution in [1.82, 2.24) is 10.3 Å². The number of carbonyl (C=O) groups excluding carboxylic acids is 1. The Kier molecular flexibility index (Phi) is 3.75. The maximum atomic E-state index is 11.9. The Morgan fingerprint density at radius 2 is 2.26 bits per heavy atom. The number of rotatable bonds is 3. The minimum absolute atomic E-state index is 0.155. The SMILES string of the molecule is Cc1cc(C(=O)NCC2CCCS2(=O)=O)cc(N)n1. The predicted molar refractivity (Wildman–Crippen MR) is 72.5 cm³/mol. The Hall–Kier alpha value is -1.63. The van der Waals surface area contributed by atoms with Gasteiger partial charge in [-0.3, -0.25) is 4.79 Å². The van der Waals surface area contributed by atoms with Gasteiger partial charge in [0.2, 0.25) is 0 Å². The maximum absolute atomic E-state index is 11.9. The van der Waals surface area contributed by atoms with E-state index in [1.807, 2.05) is 0 Å². The van der Waals surface area contributed by atoms with Crippen molar-refractivity contribution >= 4 is 21.6 Å². The Bertz CT molecular complexity index is 578. The fourth-order valence-electron chi connectivity index (χ4n) is 2.22. The molecule has 0 saturated carbocycles. The lowest BCUT2D eigenvalue weighted by molar-refractivity contribution is 0.0953. The van der Waals surface area contributed by atoms with E-state index in [1.54, 1.807) is 13.0 Å². The third-order valence-corrected chi connectivity index (χ3v) is 5.46. The molecular weight excluding hydrogens is 266 g/mol. The van der Waals surface area contributed by atoms with Crippen LogP contribution in [0.15, 0.2) is 12.1 Å². The van der Waals surface area contributed by atoms with Gasteiger partial charge in [0.15, 0.2) is 9.84 Å². The van der Waals surface area contributed by atoms with Gasteiger partial charge in [-0.15, -0.1) is 0 Å². The summed E-state index contributed by atoms with van der Waals surface area (Å²) in [6.45, 7) is 1.90. The van der Waals surface area contributed by atoms with Crippen LogP contribution in [-0.4, -0.2) is 36.9 Å². The summed E-state index contributed by atoms with van der Waals surface area (Å²) in [4.78, 5) is 15.9. The van der Waals surface area contributed by atoms with E-state index in [0.717, 1.165) is 0 Å². The first-order valence-electron chi connectivity index (χ1n) is 6.12.